The molecule has 4 nitrogen and oxygen atoms in total. The Bertz CT molecular complexity index is 446. The minimum atomic E-state index is -0.279. The fourth-order valence-electron chi connectivity index (χ4n) is 2.37. The number of nitrogens with zero attached hydrogens (tertiary/aromatic N) is 1. The van der Waals surface area contributed by atoms with Crippen LogP contribution in [0.1, 0.15) is 30.1 Å². The minimum absolute atomic E-state index is 0.0344. The van der Waals surface area contributed by atoms with E-state index in [2.05, 4.69) is 0 Å². The second kappa shape index (κ2) is 4.98. The third-order valence-corrected chi connectivity index (χ3v) is 3.57. The summed E-state index contributed by atoms with van der Waals surface area (Å²) in [5, 5.41) is 9.72. The van der Waals surface area contributed by atoms with Crippen molar-refractivity contribution in [2.45, 2.75) is 25.4 Å². The van der Waals surface area contributed by atoms with Crippen LogP contribution in [-0.2, 0) is 4.74 Å². The number of hydrogen-bond acceptors (Lipinski definition) is 3. The smallest absolute Gasteiger partial charge is 0.257 e. The first-order valence-corrected chi connectivity index (χ1v) is 6.18. The predicted octanol–water partition coefficient (Wildman–Crippen LogP) is 2.03. The van der Waals surface area contributed by atoms with Crippen molar-refractivity contribution in [2.24, 2.45) is 0 Å². The number of carbonyl (C=O) groups is 1. The number of likely N-dealkylation sites (tertiary alicyclic amines) is 1. The van der Waals surface area contributed by atoms with E-state index >= 15 is 0 Å². The van der Waals surface area contributed by atoms with Gasteiger partial charge in [-0.1, -0.05) is 12.1 Å². The zero-order chi connectivity index (χ0) is 13.2. The number of aromatic hydroxyl groups is 1. The van der Waals surface area contributed by atoms with E-state index in [0.29, 0.717) is 18.7 Å². The number of benzene rings is 1. The van der Waals surface area contributed by atoms with Gasteiger partial charge in [0, 0.05) is 20.2 Å². The SMILES string of the molecule is COC1(C)CCCN(C(=O)c2ccccc2O)C1. The first-order chi connectivity index (χ1) is 8.56. The molecule has 1 aromatic rings. The van der Waals surface area contributed by atoms with Crippen LogP contribution in [0.4, 0.5) is 0 Å². The highest BCUT2D eigenvalue weighted by molar-refractivity contribution is 5.96. The zero-order valence-corrected chi connectivity index (χ0v) is 10.8. The number of amides is 1. The lowest BCUT2D eigenvalue weighted by Crippen LogP contribution is -2.49. The predicted molar refractivity (Wildman–Crippen MR) is 68.7 cm³/mol. The summed E-state index contributed by atoms with van der Waals surface area (Å²) in [4.78, 5) is 14.1. The molecule has 1 unspecified atom stereocenters. The molecule has 0 spiro atoms. The van der Waals surface area contributed by atoms with Crippen LogP contribution < -0.4 is 0 Å². The van der Waals surface area contributed by atoms with E-state index in [1.165, 1.54) is 6.07 Å². The highest BCUT2D eigenvalue weighted by Gasteiger charge is 2.33. The average molecular weight is 249 g/mol. The van der Waals surface area contributed by atoms with E-state index in [4.69, 9.17) is 4.74 Å². The highest BCUT2D eigenvalue weighted by Crippen LogP contribution is 2.26. The van der Waals surface area contributed by atoms with Gasteiger partial charge in [-0.3, -0.25) is 4.79 Å². The number of ether oxygens (including phenoxy) is 1. The van der Waals surface area contributed by atoms with Gasteiger partial charge in [0.1, 0.15) is 5.75 Å². The van der Waals surface area contributed by atoms with Crippen LogP contribution in [-0.4, -0.2) is 41.7 Å². The van der Waals surface area contributed by atoms with E-state index < -0.39 is 0 Å². The molecule has 1 amide bonds. The molecule has 0 bridgehead atoms. The number of piperidine rings is 1. The number of phenolic OH excluding ortho intramolecular Hbond substituents is 1. The van der Waals surface area contributed by atoms with Gasteiger partial charge >= 0.3 is 0 Å². The summed E-state index contributed by atoms with van der Waals surface area (Å²) >= 11 is 0. The third-order valence-electron chi connectivity index (χ3n) is 3.57. The van der Waals surface area contributed by atoms with E-state index in [1.807, 2.05) is 6.92 Å². The van der Waals surface area contributed by atoms with Gasteiger partial charge in [-0.2, -0.15) is 0 Å². The van der Waals surface area contributed by atoms with Gasteiger partial charge in [0.25, 0.3) is 5.91 Å². The maximum atomic E-state index is 12.3. The second-order valence-electron chi connectivity index (χ2n) is 5.00. The molecule has 1 fully saturated rings. The molecule has 0 radical (unpaired) electrons. The first-order valence-electron chi connectivity index (χ1n) is 6.18. The van der Waals surface area contributed by atoms with E-state index in [1.54, 1.807) is 30.2 Å². The van der Waals surface area contributed by atoms with Gasteiger partial charge < -0.3 is 14.7 Å². The molecule has 0 saturated carbocycles. The molecule has 0 aliphatic carbocycles. The summed E-state index contributed by atoms with van der Waals surface area (Å²) in [6, 6.07) is 6.65. The maximum Gasteiger partial charge on any atom is 0.257 e. The van der Waals surface area contributed by atoms with E-state index in [0.717, 1.165) is 12.8 Å². The van der Waals surface area contributed by atoms with Crippen LogP contribution in [0.3, 0.4) is 0 Å². The molecular weight excluding hydrogens is 230 g/mol. The number of rotatable bonds is 2. The number of phenols is 1. The van der Waals surface area contributed by atoms with Crippen molar-refractivity contribution >= 4 is 5.91 Å². The summed E-state index contributed by atoms with van der Waals surface area (Å²) in [6.45, 7) is 3.29. The Kier molecular flexibility index (Phi) is 3.57. The number of carbonyl (C=O) groups excluding carboxylic acids is 1. The van der Waals surface area contributed by atoms with Gasteiger partial charge in [0.15, 0.2) is 0 Å². The van der Waals surface area contributed by atoms with Crippen molar-refractivity contribution in [1.82, 2.24) is 4.90 Å². The second-order valence-corrected chi connectivity index (χ2v) is 5.00. The standard InChI is InChI=1S/C14H19NO3/c1-14(18-2)8-5-9-15(10-14)13(17)11-6-3-4-7-12(11)16/h3-4,6-7,16H,5,8-10H2,1-2H3. The molecule has 2 rings (SSSR count). The Morgan fingerprint density at radius 2 is 2.17 bits per heavy atom. The van der Waals surface area contributed by atoms with Crippen molar-refractivity contribution in [3.05, 3.63) is 29.8 Å². The summed E-state index contributed by atoms with van der Waals surface area (Å²) in [5.41, 5.74) is 0.0797. The van der Waals surface area contributed by atoms with Crippen molar-refractivity contribution in [3.8, 4) is 5.75 Å². The van der Waals surface area contributed by atoms with Gasteiger partial charge in [0.2, 0.25) is 0 Å². The summed E-state index contributed by atoms with van der Waals surface area (Å²) in [7, 11) is 1.67. The van der Waals surface area contributed by atoms with Crippen LogP contribution in [0.25, 0.3) is 0 Å². The Hall–Kier alpha value is -1.55. The van der Waals surface area contributed by atoms with Crippen molar-refractivity contribution in [1.29, 1.82) is 0 Å². The Morgan fingerprint density at radius 3 is 2.83 bits per heavy atom. The monoisotopic (exact) mass is 249 g/mol. The van der Waals surface area contributed by atoms with Gasteiger partial charge in [-0.15, -0.1) is 0 Å². The van der Waals surface area contributed by atoms with Gasteiger partial charge in [-0.25, -0.2) is 0 Å². The summed E-state index contributed by atoms with van der Waals surface area (Å²) in [6.07, 6.45) is 1.87. The molecule has 1 saturated heterocycles. The number of methoxy groups -OCH3 is 1. The molecule has 1 aliphatic heterocycles. The number of hydrogen-bond donors (Lipinski definition) is 1. The molecule has 1 aliphatic rings. The van der Waals surface area contributed by atoms with Gasteiger partial charge in [0.05, 0.1) is 11.2 Å². The topological polar surface area (TPSA) is 49.8 Å². The normalized spacial score (nSPS) is 24.0. The maximum absolute atomic E-state index is 12.3. The Morgan fingerprint density at radius 1 is 1.44 bits per heavy atom. The van der Waals surface area contributed by atoms with Crippen LogP contribution in [0.5, 0.6) is 5.75 Å². The van der Waals surface area contributed by atoms with E-state index in [-0.39, 0.29) is 17.3 Å². The van der Waals surface area contributed by atoms with Crippen LogP contribution in [0.15, 0.2) is 24.3 Å². The summed E-state index contributed by atoms with van der Waals surface area (Å²) in [5.74, 6) is -0.0942. The lowest BCUT2D eigenvalue weighted by atomic mass is 9.94. The third kappa shape index (κ3) is 2.48. The largest absolute Gasteiger partial charge is 0.507 e. The van der Waals surface area contributed by atoms with Crippen LogP contribution >= 0.6 is 0 Å². The summed E-state index contributed by atoms with van der Waals surface area (Å²) < 4.78 is 5.47. The molecule has 98 valence electrons. The molecule has 4 heteroatoms. The molecule has 1 N–H and O–H groups in total. The van der Waals surface area contributed by atoms with Crippen LogP contribution in [0.2, 0.25) is 0 Å². The van der Waals surface area contributed by atoms with E-state index in [9.17, 15) is 9.90 Å². The fourth-order valence-corrected chi connectivity index (χ4v) is 2.37. The molecule has 1 aromatic carbocycles. The van der Waals surface area contributed by atoms with Crippen molar-refractivity contribution in [3.63, 3.8) is 0 Å². The molecule has 0 aromatic heterocycles. The zero-order valence-electron chi connectivity index (χ0n) is 10.8. The highest BCUT2D eigenvalue weighted by atomic mass is 16.5. The van der Waals surface area contributed by atoms with Crippen LogP contribution in [0, 0.1) is 0 Å². The average Bonchev–Trinajstić information content (AvgIpc) is 2.39. The Balaban J connectivity index is 2.17. The molecule has 1 heterocycles. The molecule has 1 atom stereocenters. The first kappa shape index (κ1) is 12.9. The van der Waals surface area contributed by atoms with Crippen molar-refractivity contribution < 1.29 is 14.6 Å². The quantitative estimate of drug-likeness (QED) is 0.872. The lowest BCUT2D eigenvalue weighted by Gasteiger charge is -2.39. The molecular formula is C14H19NO3. The lowest BCUT2D eigenvalue weighted by molar-refractivity contribution is -0.0440. The Labute approximate surface area is 107 Å². The fraction of sp³-hybridized carbons (Fsp3) is 0.500. The van der Waals surface area contributed by atoms with Crippen molar-refractivity contribution in [2.75, 3.05) is 20.2 Å². The number of para-hydroxylation sites is 1. The van der Waals surface area contributed by atoms with Gasteiger partial charge in [-0.05, 0) is 31.9 Å². The molecule has 18 heavy (non-hydrogen) atoms. The minimum Gasteiger partial charge on any atom is -0.507 e.